The Bertz CT molecular complexity index is 1230. The first-order valence-corrected chi connectivity index (χ1v) is 10.8. The third-order valence-electron chi connectivity index (χ3n) is 4.47. The number of hydrazone groups is 1. The molecular weight excluding hydrogens is 424 g/mol. The van der Waals surface area contributed by atoms with E-state index in [1.807, 2.05) is 55.5 Å². The number of ether oxygens (including phenoxy) is 2. The standard InChI is InChI=1S/C24H22N4O3S/c1-3-31-18-11-9-17(10-12-18)26-23(24-27-19-6-4-5-7-22(19)32-24)28-25-15-16-8-13-20(29)21(14-16)30-2/h4-15,29H,3H2,1-2H3,(H,26,28). The average Bonchev–Trinajstić information content (AvgIpc) is 3.25. The van der Waals surface area contributed by atoms with E-state index in [9.17, 15) is 5.11 Å². The van der Waals surface area contributed by atoms with Crippen LogP contribution in [-0.2, 0) is 0 Å². The number of thiazole rings is 1. The highest BCUT2D eigenvalue weighted by Gasteiger charge is 2.11. The van der Waals surface area contributed by atoms with Crippen LogP contribution in [0.5, 0.6) is 17.2 Å². The Morgan fingerprint density at radius 1 is 1.12 bits per heavy atom. The maximum absolute atomic E-state index is 9.76. The summed E-state index contributed by atoms with van der Waals surface area (Å²) in [6.07, 6.45) is 1.63. The Labute approximate surface area is 189 Å². The molecule has 0 fully saturated rings. The van der Waals surface area contributed by atoms with E-state index in [0.29, 0.717) is 18.2 Å². The van der Waals surface area contributed by atoms with Gasteiger partial charge in [0.15, 0.2) is 22.3 Å². The number of rotatable bonds is 7. The molecule has 7 nitrogen and oxygen atoms in total. The molecule has 0 aliphatic rings. The van der Waals surface area contributed by atoms with Crippen LogP contribution in [0.25, 0.3) is 10.2 Å². The summed E-state index contributed by atoms with van der Waals surface area (Å²) in [7, 11) is 1.50. The van der Waals surface area contributed by atoms with Crippen LogP contribution in [0.3, 0.4) is 0 Å². The van der Waals surface area contributed by atoms with Crippen LogP contribution < -0.4 is 14.9 Å². The Morgan fingerprint density at radius 3 is 2.69 bits per heavy atom. The number of benzene rings is 3. The van der Waals surface area contributed by atoms with Crippen molar-refractivity contribution in [1.82, 2.24) is 10.4 Å². The lowest BCUT2D eigenvalue weighted by molar-refractivity contribution is 0.340. The number of methoxy groups -OCH3 is 1. The van der Waals surface area contributed by atoms with Crippen molar-refractivity contribution in [2.24, 2.45) is 10.1 Å². The fourth-order valence-electron chi connectivity index (χ4n) is 2.95. The maximum Gasteiger partial charge on any atom is 0.183 e. The molecule has 0 unspecified atom stereocenters. The number of nitrogens with zero attached hydrogens (tertiary/aromatic N) is 3. The van der Waals surface area contributed by atoms with Gasteiger partial charge < -0.3 is 14.6 Å². The maximum atomic E-state index is 9.76. The third-order valence-corrected chi connectivity index (χ3v) is 5.52. The molecule has 0 bridgehead atoms. The number of fused-ring (bicyclic) bond motifs is 1. The van der Waals surface area contributed by atoms with Crippen molar-refractivity contribution in [3.8, 4) is 17.2 Å². The molecule has 0 spiro atoms. The van der Waals surface area contributed by atoms with Crippen molar-refractivity contribution in [3.63, 3.8) is 0 Å². The monoisotopic (exact) mass is 446 g/mol. The number of aliphatic imine (C=N–C) groups is 1. The van der Waals surface area contributed by atoms with Crippen LogP contribution in [0.4, 0.5) is 5.69 Å². The summed E-state index contributed by atoms with van der Waals surface area (Å²) >= 11 is 1.53. The first-order chi connectivity index (χ1) is 15.7. The first kappa shape index (κ1) is 21.3. The van der Waals surface area contributed by atoms with E-state index >= 15 is 0 Å². The van der Waals surface area contributed by atoms with Gasteiger partial charge in [0.2, 0.25) is 0 Å². The van der Waals surface area contributed by atoms with Gasteiger partial charge in [-0.2, -0.15) is 5.10 Å². The van der Waals surface area contributed by atoms with Gasteiger partial charge in [-0.05, 0) is 67.1 Å². The van der Waals surface area contributed by atoms with E-state index in [-0.39, 0.29) is 5.75 Å². The molecule has 2 N–H and O–H groups in total. The van der Waals surface area contributed by atoms with Crippen molar-refractivity contribution in [2.45, 2.75) is 6.92 Å². The Hall–Kier alpha value is -3.91. The number of phenols is 1. The van der Waals surface area contributed by atoms with Gasteiger partial charge in [0.1, 0.15) is 5.75 Å². The van der Waals surface area contributed by atoms with Gasteiger partial charge >= 0.3 is 0 Å². The second-order valence-corrected chi connectivity index (χ2v) is 7.71. The van der Waals surface area contributed by atoms with Gasteiger partial charge in [0.05, 0.1) is 35.8 Å². The third kappa shape index (κ3) is 5.04. The van der Waals surface area contributed by atoms with Crippen LogP contribution >= 0.6 is 11.3 Å². The molecule has 32 heavy (non-hydrogen) atoms. The van der Waals surface area contributed by atoms with Crippen LogP contribution in [-0.4, -0.2) is 35.9 Å². The number of para-hydroxylation sites is 1. The molecule has 0 saturated carbocycles. The Kier molecular flexibility index (Phi) is 6.62. The van der Waals surface area contributed by atoms with Crippen molar-refractivity contribution < 1.29 is 14.6 Å². The van der Waals surface area contributed by atoms with E-state index in [2.05, 4.69) is 10.5 Å². The normalized spacial score (nSPS) is 11.8. The summed E-state index contributed by atoms with van der Waals surface area (Å²) in [5, 5.41) is 14.8. The topological polar surface area (TPSA) is 88.3 Å². The number of phenolic OH excluding ortho intramolecular Hbond substituents is 1. The van der Waals surface area contributed by atoms with E-state index in [4.69, 9.17) is 19.5 Å². The second kappa shape index (κ2) is 9.93. The number of nitrogens with one attached hydrogen (secondary N) is 1. The minimum Gasteiger partial charge on any atom is -0.504 e. The minimum atomic E-state index is 0.0739. The molecule has 3 aromatic carbocycles. The molecule has 4 rings (SSSR count). The molecule has 1 heterocycles. The van der Waals surface area contributed by atoms with Gasteiger partial charge in [0, 0.05) is 0 Å². The van der Waals surface area contributed by atoms with E-state index in [1.165, 1.54) is 18.4 Å². The molecule has 0 atom stereocenters. The van der Waals surface area contributed by atoms with Crippen LogP contribution in [0.2, 0.25) is 0 Å². The van der Waals surface area contributed by atoms with Gasteiger partial charge in [-0.1, -0.05) is 12.1 Å². The van der Waals surface area contributed by atoms with Gasteiger partial charge in [-0.15, -0.1) is 11.3 Å². The minimum absolute atomic E-state index is 0.0739. The van der Waals surface area contributed by atoms with Crippen LogP contribution in [0.1, 0.15) is 17.5 Å². The zero-order chi connectivity index (χ0) is 22.3. The number of aromatic nitrogens is 1. The summed E-state index contributed by atoms with van der Waals surface area (Å²) in [6, 6.07) is 20.5. The summed E-state index contributed by atoms with van der Waals surface area (Å²) in [6.45, 7) is 2.56. The molecule has 8 heteroatoms. The van der Waals surface area contributed by atoms with Crippen LogP contribution in [0, 0.1) is 0 Å². The lowest BCUT2D eigenvalue weighted by Gasteiger charge is -2.05. The van der Waals surface area contributed by atoms with Gasteiger partial charge in [-0.3, -0.25) is 5.43 Å². The quantitative estimate of drug-likeness (QED) is 0.234. The molecule has 4 aromatic rings. The number of amidine groups is 1. The predicted octanol–water partition coefficient (Wildman–Crippen LogP) is 5.11. The summed E-state index contributed by atoms with van der Waals surface area (Å²) in [5.41, 5.74) is 5.43. The number of hydrogen-bond acceptors (Lipinski definition) is 7. The average molecular weight is 447 g/mol. The smallest absolute Gasteiger partial charge is 0.183 e. The Morgan fingerprint density at radius 2 is 1.94 bits per heavy atom. The van der Waals surface area contributed by atoms with E-state index < -0.39 is 0 Å². The molecule has 0 aliphatic carbocycles. The second-order valence-electron chi connectivity index (χ2n) is 6.68. The van der Waals surface area contributed by atoms with Crippen LogP contribution in [0.15, 0.2) is 76.8 Å². The lowest BCUT2D eigenvalue weighted by atomic mass is 10.2. The molecule has 162 valence electrons. The fraction of sp³-hybridized carbons (Fsp3) is 0.125. The Balaban J connectivity index is 1.64. The van der Waals surface area contributed by atoms with Crippen molar-refractivity contribution >= 4 is 39.3 Å². The summed E-state index contributed by atoms with van der Waals surface area (Å²) in [4.78, 5) is 9.42. The molecule has 1 aromatic heterocycles. The molecule has 0 aliphatic heterocycles. The molecule has 0 saturated heterocycles. The highest BCUT2D eigenvalue weighted by molar-refractivity contribution is 7.20. The van der Waals surface area contributed by atoms with E-state index in [1.54, 1.807) is 24.4 Å². The number of hydrogen-bond donors (Lipinski definition) is 2. The fourth-order valence-corrected chi connectivity index (χ4v) is 3.85. The highest BCUT2D eigenvalue weighted by atomic mass is 32.1. The molecule has 0 amide bonds. The summed E-state index contributed by atoms with van der Waals surface area (Å²) < 4.78 is 11.7. The molecular formula is C24H22N4O3S. The first-order valence-electron chi connectivity index (χ1n) is 10.00. The van der Waals surface area contributed by atoms with Crippen molar-refractivity contribution in [1.29, 1.82) is 0 Å². The van der Waals surface area contributed by atoms with E-state index in [0.717, 1.165) is 32.2 Å². The zero-order valence-corrected chi connectivity index (χ0v) is 18.5. The summed E-state index contributed by atoms with van der Waals surface area (Å²) in [5.74, 6) is 1.77. The lowest BCUT2D eigenvalue weighted by Crippen LogP contribution is -2.18. The largest absolute Gasteiger partial charge is 0.504 e. The van der Waals surface area contributed by atoms with Gasteiger partial charge in [0.25, 0.3) is 0 Å². The zero-order valence-electron chi connectivity index (χ0n) is 17.6. The highest BCUT2D eigenvalue weighted by Crippen LogP contribution is 2.26. The van der Waals surface area contributed by atoms with Crippen molar-refractivity contribution in [2.75, 3.05) is 13.7 Å². The molecule has 0 radical (unpaired) electrons. The van der Waals surface area contributed by atoms with Crippen molar-refractivity contribution in [3.05, 3.63) is 77.3 Å². The van der Waals surface area contributed by atoms with Gasteiger partial charge in [-0.25, -0.2) is 9.98 Å². The SMILES string of the molecule is CCOc1ccc(N=C(NN=Cc2ccc(O)c(OC)c2)c2nc3ccccc3s2)cc1. The number of aromatic hydroxyl groups is 1. The predicted molar refractivity (Wildman–Crippen MR) is 129 cm³/mol.